The minimum Gasteiger partial charge on any atom is -0.294 e. The van der Waals surface area contributed by atoms with Gasteiger partial charge in [-0.1, -0.05) is 19.8 Å². The van der Waals surface area contributed by atoms with E-state index in [9.17, 15) is 13.6 Å². The van der Waals surface area contributed by atoms with E-state index >= 15 is 0 Å². The lowest BCUT2D eigenvalue weighted by atomic mass is 9.78. The van der Waals surface area contributed by atoms with E-state index in [-0.39, 0.29) is 17.3 Å². The van der Waals surface area contributed by atoms with Gasteiger partial charge in [-0.15, -0.1) is 0 Å². The molecule has 0 saturated heterocycles. The molecule has 0 spiro atoms. The fraction of sp³-hybridized carbons (Fsp3) is 0.533. The summed E-state index contributed by atoms with van der Waals surface area (Å²) < 4.78 is 26.8. The molecule has 1 aromatic carbocycles. The van der Waals surface area contributed by atoms with Gasteiger partial charge in [-0.25, -0.2) is 8.78 Å². The van der Waals surface area contributed by atoms with Crippen molar-refractivity contribution in [2.45, 2.75) is 39.5 Å². The molecule has 1 aliphatic carbocycles. The summed E-state index contributed by atoms with van der Waals surface area (Å²) in [6, 6.07) is 2.15. The van der Waals surface area contributed by atoms with Gasteiger partial charge in [0.2, 0.25) is 0 Å². The fourth-order valence-electron chi connectivity index (χ4n) is 2.74. The molecule has 0 N–H and O–H groups in total. The van der Waals surface area contributed by atoms with E-state index in [0.717, 1.165) is 31.7 Å². The van der Waals surface area contributed by atoms with E-state index < -0.39 is 11.6 Å². The molecule has 1 aromatic rings. The number of hydrogen-bond donors (Lipinski definition) is 0. The molecule has 0 heterocycles. The molecule has 3 heteroatoms. The van der Waals surface area contributed by atoms with Crippen molar-refractivity contribution in [3.05, 3.63) is 34.9 Å². The molecule has 98 valence electrons. The van der Waals surface area contributed by atoms with Gasteiger partial charge in [0.1, 0.15) is 11.6 Å². The second-order valence-electron chi connectivity index (χ2n) is 5.41. The van der Waals surface area contributed by atoms with Crippen molar-refractivity contribution in [1.82, 2.24) is 0 Å². The van der Waals surface area contributed by atoms with Gasteiger partial charge in [0.15, 0.2) is 5.78 Å². The predicted molar refractivity (Wildman–Crippen MR) is 66.5 cm³/mol. The Hall–Kier alpha value is -1.25. The summed E-state index contributed by atoms with van der Waals surface area (Å²) in [7, 11) is 0. The Morgan fingerprint density at radius 2 is 1.94 bits per heavy atom. The third kappa shape index (κ3) is 2.60. The molecule has 0 radical (unpaired) electrons. The maximum absolute atomic E-state index is 13.7. The number of carbonyl (C=O) groups excluding carboxylic acids is 1. The molecule has 2 rings (SSSR count). The van der Waals surface area contributed by atoms with Gasteiger partial charge >= 0.3 is 0 Å². The lowest BCUT2D eigenvalue weighted by Crippen LogP contribution is -2.22. The first-order chi connectivity index (χ1) is 8.49. The molecule has 1 saturated carbocycles. The Bertz CT molecular complexity index is 468. The summed E-state index contributed by atoms with van der Waals surface area (Å²) in [4.78, 5) is 12.3. The number of ketones is 1. The van der Waals surface area contributed by atoms with Crippen LogP contribution in [0, 0.1) is 30.4 Å². The largest absolute Gasteiger partial charge is 0.294 e. The number of halogens is 2. The summed E-state index contributed by atoms with van der Waals surface area (Å²) >= 11 is 0. The first-order valence-corrected chi connectivity index (χ1v) is 6.49. The molecule has 2 unspecified atom stereocenters. The van der Waals surface area contributed by atoms with E-state index in [0.29, 0.717) is 11.5 Å². The third-order valence-electron chi connectivity index (χ3n) is 3.82. The summed E-state index contributed by atoms with van der Waals surface area (Å²) in [6.07, 6.45) is 3.78. The Morgan fingerprint density at radius 1 is 1.22 bits per heavy atom. The summed E-state index contributed by atoms with van der Waals surface area (Å²) in [6.45, 7) is 3.67. The number of Topliss-reactive ketones (excluding diaryl/α,β-unsaturated/α-hetero) is 1. The minimum absolute atomic E-state index is 0.0491. The van der Waals surface area contributed by atoms with Crippen LogP contribution in [0.2, 0.25) is 0 Å². The van der Waals surface area contributed by atoms with E-state index in [2.05, 4.69) is 6.92 Å². The predicted octanol–water partition coefficient (Wildman–Crippen LogP) is 4.28. The van der Waals surface area contributed by atoms with Crippen LogP contribution in [0.3, 0.4) is 0 Å². The molecule has 2 atom stereocenters. The molecule has 1 fully saturated rings. The van der Waals surface area contributed by atoms with Crippen LogP contribution < -0.4 is 0 Å². The number of rotatable bonds is 2. The molecular formula is C15H18F2O. The van der Waals surface area contributed by atoms with E-state index in [1.807, 2.05) is 0 Å². The van der Waals surface area contributed by atoms with Gasteiger partial charge in [0.25, 0.3) is 0 Å². The zero-order valence-corrected chi connectivity index (χ0v) is 10.8. The SMILES string of the molecule is Cc1cc(C(=O)C2CCCC(C)C2)c(F)cc1F. The number of aryl methyl sites for hydroxylation is 1. The molecule has 1 nitrogen and oxygen atoms in total. The van der Waals surface area contributed by atoms with Crippen molar-refractivity contribution in [1.29, 1.82) is 0 Å². The van der Waals surface area contributed by atoms with Gasteiger partial charge in [-0.05, 0) is 37.3 Å². The van der Waals surface area contributed by atoms with Crippen molar-refractivity contribution >= 4 is 5.78 Å². The van der Waals surface area contributed by atoms with Crippen molar-refractivity contribution in [3.8, 4) is 0 Å². The van der Waals surface area contributed by atoms with Gasteiger partial charge in [-0.2, -0.15) is 0 Å². The Labute approximate surface area is 106 Å². The molecule has 1 aliphatic rings. The highest BCUT2D eigenvalue weighted by molar-refractivity contribution is 5.98. The van der Waals surface area contributed by atoms with E-state index in [1.54, 1.807) is 6.92 Å². The minimum atomic E-state index is -0.735. The molecule has 18 heavy (non-hydrogen) atoms. The van der Waals surface area contributed by atoms with Crippen LogP contribution in [0.1, 0.15) is 48.5 Å². The average molecular weight is 252 g/mol. The monoisotopic (exact) mass is 252 g/mol. The summed E-state index contributed by atoms with van der Waals surface area (Å²) in [5.74, 6) is -1.09. The lowest BCUT2D eigenvalue weighted by molar-refractivity contribution is 0.0864. The van der Waals surface area contributed by atoms with E-state index in [1.165, 1.54) is 6.07 Å². The van der Waals surface area contributed by atoms with Crippen molar-refractivity contribution < 1.29 is 13.6 Å². The first kappa shape index (κ1) is 13.2. The van der Waals surface area contributed by atoms with Gasteiger partial charge in [0.05, 0.1) is 5.56 Å². The van der Waals surface area contributed by atoms with Crippen LogP contribution in [0.4, 0.5) is 8.78 Å². The van der Waals surface area contributed by atoms with Gasteiger partial charge < -0.3 is 0 Å². The Morgan fingerprint density at radius 3 is 2.61 bits per heavy atom. The average Bonchev–Trinajstić information content (AvgIpc) is 2.33. The number of hydrogen-bond acceptors (Lipinski definition) is 1. The standard InChI is InChI=1S/C15H18F2O/c1-9-4-3-5-11(6-9)15(18)12-7-10(2)13(16)8-14(12)17/h7-9,11H,3-6H2,1-2H3. The fourth-order valence-corrected chi connectivity index (χ4v) is 2.74. The Balaban J connectivity index is 2.25. The number of carbonyl (C=O) groups is 1. The molecule has 0 aromatic heterocycles. The van der Waals surface area contributed by atoms with Gasteiger partial charge in [-0.3, -0.25) is 4.79 Å². The zero-order valence-electron chi connectivity index (χ0n) is 10.8. The second-order valence-corrected chi connectivity index (χ2v) is 5.41. The van der Waals surface area contributed by atoms with Crippen LogP contribution >= 0.6 is 0 Å². The summed E-state index contributed by atoms with van der Waals surface area (Å²) in [5.41, 5.74) is 0.372. The van der Waals surface area contributed by atoms with Crippen molar-refractivity contribution in [3.63, 3.8) is 0 Å². The van der Waals surface area contributed by atoms with Crippen molar-refractivity contribution in [2.75, 3.05) is 0 Å². The highest BCUT2D eigenvalue weighted by atomic mass is 19.1. The maximum atomic E-state index is 13.7. The third-order valence-corrected chi connectivity index (χ3v) is 3.82. The molecular weight excluding hydrogens is 234 g/mol. The number of benzene rings is 1. The molecule has 0 bridgehead atoms. The van der Waals surface area contributed by atoms with Crippen LogP contribution in [-0.4, -0.2) is 5.78 Å². The highest BCUT2D eigenvalue weighted by Gasteiger charge is 2.27. The van der Waals surface area contributed by atoms with Crippen LogP contribution in [0.5, 0.6) is 0 Å². The van der Waals surface area contributed by atoms with Crippen LogP contribution in [0.25, 0.3) is 0 Å². The second kappa shape index (κ2) is 5.17. The van der Waals surface area contributed by atoms with E-state index in [4.69, 9.17) is 0 Å². The van der Waals surface area contributed by atoms with Gasteiger partial charge in [0, 0.05) is 12.0 Å². The maximum Gasteiger partial charge on any atom is 0.168 e. The molecule has 0 aliphatic heterocycles. The quantitative estimate of drug-likeness (QED) is 0.718. The molecule has 0 amide bonds. The van der Waals surface area contributed by atoms with Crippen LogP contribution in [-0.2, 0) is 0 Å². The lowest BCUT2D eigenvalue weighted by Gasteiger charge is -2.25. The summed E-state index contributed by atoms with van der Waals surface area (Å²) in [5, 5.41) is 0. The Kier molecular flexibility index (Phi) is 3.79. The smallest absolute Gasteiger partial charge is 0.168 e. The first-order valence-electron chi connectivity index (χ1n) is 6.49. The van der Waals surface area contributed by atoms with Crippen LogP contribution in [0.15, 0.2) is 12.1 Å². The highest BCUT2D eigenvalue weighted by Crippen LogP contribution is 2.31. The zero-order chi connectivity index (χ0) is 13.3. The van der Waals surface area contributed by atoms with Crippen molar-refractivity contribution in [2.24, 2.45) is 11.8 Å². The topological polar surface area (TPSA) is 17.1 Å². The normalized spacial score (nSPS) is 24.0.